The van der Waals surface area contributed by atoms with Crippen LogP contribution in [0.3, 0.4) is 0 Å². The summed E-state index contributed by atoms with van der Waals surface area (Å²) in [6, 6.07) is -0.988. The normalized spacial score (nSPS) is 16.1. The van der Waals surface area contributed by atoms with Crippen LogP contribution < -0.4 is 10.6 Å². The zero-order valence-electron chi connectivity index (χ0n) is 11.4. The van der Waals surface area contributed by atoms with Crippen molar-refractivity contribution in [3.63, 3.8) is 0 Å². The van der Waals surface area contributed by atoms with Crippen LogP contribution in [-0.2, 0) is 9.59 Å². The highest BCUT2D eigenvalue weighted by Gasteiger charge is 2.23. The van der Waals surface area contributed by atoms with Crippen LogP contribution in [-0.4, -0.2) is 72.4 Å². The zero-order valence-corrected chi connectivity index (χ0v) is 11.4. The number of carboxylic acids is 1. The minimum Gasteiger partial charge on any atom is -0.480 e. The van der Waals surface area contributed by atoms with Gasteiger partial charge in [0.2, 0.25) is 5.91 Å². The van der Waals surface area contributed by atoms with Crippen LogP contribution in [0.4, 0.5) is 0 Å². The first-order valence-corrected chi connectivity index (χ1v) is 5.72. The maximum atomic E-state index is 10.8. The first-order chi connectivity index (χ1) is 8.14. The molecule has 7 nitrogen and oxygen atoms in total. The Labute approximate surface area is 107 Å². The van der Waals surface area contributed by atoms with Crippen molar-refractivity contribution in [2.75, 3.05) is 33.7 Å². The van der Waals surface area contributed by atoms with Crippen LogP contribution in [0.2, 0.25) is 0 Å². The maximum Gasteiger partial charge on any atom is 0.327 e. The van der Waals surface area contributed by atoms with Crippen LogP contribution in [0.15, 0.2) is 0 Å². The van der Waals surface area contributed by atoms with E-state index in [2.05, 4.69) is 10.6 Å². The van der Waals surface area contributed by atoms with Gasteiger partial charge in [0, 0.05) is 26.6 Å². The van der Waals surface area contributed by atoms with Gasteiger partial charge < -0.3 is 25.7 Å². The van der Waals surface area contributed by atoms with Crippen molar-refractivity contribution in [3.8, 4) is 0 Å². The predicted molar refractivity (Wildman–Crippen MR) is 67.3 cm³/mol. The van der Waals surface area contributed by atoms with Gasteiger partial charge in [0.15, 0.2) is 0 Å². The third-order valence-electron chi connectivity index (χ3n) is 2.19. The minimum atomic E-state index is -1.11. The molecular weight excluding hydrogens is 238 g/mol. The number of likely N-dealkylation sites (N-methyl/N-ethyl adjacent to an activating group) is 1. The van der Waals surface area contributed by atoms with Crippen molar-refractivity contribution in [3.05, 3.63) is 0 Å². The molecular formula is C11H23N3O4. The van der Waals surface area contributed by atoms with E-state index in [4.69, 9.17) is 5.11 Å². The molecule has 0 rings (SSSR count). The number of hydrogen-bond acceptors (Lipinski definition) is 5. The summed E-state index contributed by atoms with van der Waals surface area (Å²) in [5.41, 5.74) is -0.956. The topological polar surface area (TPSA) is 102 Å². The number of carbonyl (C=O) groups is 2. The summed E-state index contributed by atoms with van der Waals surface area (Å²) in [5, 5.41) is 24.0. The molecule has 4 N–H and O–H groups in total. The Kier molecular flexibility index (Phi) is 6.82. The summed E-state index contributed by atoms with van der Waals surface area (Å²) in [6.07, 6.45) is 0. The van der Waals surface area contributed by atoms with E-state index in [0.717, 1.165) is 0 Å². The van der Waals surface area contributed by atoms with E-state index in [-0.39, 0.29) is 13.1 Å². The second-order valence-corrected chi connectivity index (χ2v) is 4.96. The van der Waals surface area contributed by atoms with Gasteiger partial charge in [-0.15, -0.1) is 0 Å². The Balaban J connectivity index is 4.13. The van der Waals surface area contributed by atoms with E-state index >= 15 is 0 Å². The highest BCUT2D eigenvalue weighted by Crippen LogP contribution is 2.02. The van der Waals surface area contributed by atoms with Crippen LogP contribution in [0.25, 0.3) is 0 Å². The highest BCUT2D eigenvalue weighted by atomic mass is 16.4. The van der Waals surface area contributed by atoms with E-state index in [1.165, 1.54) is 6.92 Å². The van der Waals surface area contributed by atoms with Crippen LogP contribution >= 0.6 is 0 Å². The molecule has 0 aliphatic rings. The van der Waals surface area contributed by atoms with Crippen molar-refractivity contribution in [2.45, 2.75) is 25.5 Å². The molecule has 18 heavy (non-hydrogen) atoms. The number of nitrogens with one attached hydrogen (secondary N) is 2. The van der Waals surface area contributed by atoms with Gasteiger partial charge in [0.25, 0.3) is 0 Å². The molecule has 0 radical (unpaired) electrons. The van der Waals surface area contributed by atoms with E-state index < -0.39 is 23.5 Å². The molecule has 2 atom stereocenters. The SMILES string of the molecule is CC(=O)NC(CNCC(C)(O)CN(C)C)C(=O)O. The second-order valence-electron chi connectivity index (χ2n) is 4.96. The Morgan fingerprint density at radius 3 is 2.33 bits per heavy atom. The van der Waals surface area contributed by atoms with Gasteiger partial charge in [0.05, 0.1) is 5.60 Å². The number of carbonyl (C=O) groups excluding carboxylic acids is 1. The summed E-state index contributed by atoms with van der Waals surface area (Å²) in [4.78, 5) is 23.5. The van der Waals surface area contributed by atoms with Crippen molar-refractivity contribution in [1.82, 2.24) is 15.5 Å². The molecule has 106 valence electrons. The maximum absolute atomic E-state index is 10.8. The lowest BCUT2D eigenvalue weighted by atomic mass is 10.1. The molecule has 0 aliphatic heterocycles. The number of amides is 1. The molecule has 1 amide bonds. The molecule has 0 aromatic heterocycles. The second kappa shape index (κ2) is 7.30. The van der Waals surface area contributed by atoms with Gasteiger partial charge in [-0.25, -0.2) is 4.79 Å². The van der Waals surface area contributed by atoms with Crippen molar-refractivity contribution in [2.24, 2.45) is 0 Å². The molecule has 0 aromatic carbocycles. The minimum absolute atomic E-state index is 0.0679. The van der Waals surface area contributed by atoms with Crippen LogP contribution in [0.5, 0.6) is 0 Å². The first kappa shape index (κ1) is 16.8. The molecule has 0 aliphatic carbocycles. The number of rotatable bonds is 8. The lowest BCUT2D eigenvalue weighted by Gasteiger charge is -2.27. The first-order valence-electron chi connectivity index (χ1n) is 5.72. The fourth-order valence-electron chi connectivity index (χ4n) is 1.67. The summed E-state index contributed by atoms with van der Waals surface area (Å²) in [7, 11) is 3.68. The Bertz CT molecular complexity index is 292. The molecule has 2 unspecified atom stereocenters. The standard InChI is InChI=1S/C11H23N3O4/c1-8(15)13-9(10(16)17)5-12-6-11(2,18)7-14(3)4/h9,12,18H,5-7H2,1-4H3,(H,13,15)(H,16,17). The van der Waals surface area contributed by atoms with Gasteiger partial charge >= 0.3 is 5.97 Å². The van der Waals surface area contributed by atoms with Crippen molar-refractivity contribution in [1.29, 1.82) is 0 Å². The molecule has 0 bridgehead atoms. The third kappa shape index (κ3) is 7.99. The lowest BCUT2D eigenvalue weighted by Crippen LogP contribution is -2.51. The smallest absolute Gasteiger partial charge is 0.327 e. The summed E-state index contributed by atoms with van der Waals surface area (Å²) in [6.45, 7) is 3.69. The van der Waals surface area contributed by atoms with Crippen molar-refractivity contribution >= 4 is 11.9 Å². The molecule has 7 heteroatoms. The fourth-order valence-corrected chi connectivity index (χ4v) is 1.67. The van der Waals surface area contributed by atoms with Gasteiger partial charge in [-0.2, -0.15) is 0 Å². The van der Waals surface area contributed by atoms with E-state index in [9.17, 15) is 14.7 Å². The van der Waals surface area contributed by atoms with Crippen molar-refractivity contribution < 1.29 is 19.8 Å². The molecule has 0 fully saturated rings. The van der Waals surface area contributed by atoms with Crippen LogP contribution in [0.1, 0.15) is 13.8 Å². The van der Waals surface area contributed by atoms with Gasteiger partial charge in [-0.1, -0.05) is 0 Å². The molecule has 0 heterocycles. The fraction of sp³-hybridized carbons (Fsp3) is 0.818. The number of aliphatic carboxylic acids is 1. The predicted octanol–water partition coefficient (Wildman–Crippen LogP) is -1.52. The average Bonchev–Trinajstić information content (AvgIpc) is 2.12. The summed E-state index contributed by atoms with van der Waals surface area (Å²) in [5.74, 6) is -1.51. The quantitative estimate of drug-likeness (QED) is 0.423. The number of nitrogens with zero attached hydrogens (tertiary/aromatic N) is 1. The Hall–Kier alpha value is -1.18. The largest absolute Gasteiger partial charge is 0.480 e. The van der Waals surface area contributed by atoms with Crippen LogP contribution in [0, 0.1) is 0 Å². The van der Waals surface area contributed by atoms with E-state index in [1.54, 1.807) is 6.92 Å². The number of carboxylic acid groups (broad SMARTS) is 1. The number of hydrogen-bond donors (Lipinski definition) is 4. The monoisotopic (exact) mass is 261 g/mol. The zero-order chi connectivity index (χ0) is 14.3. The highest BCUT2D eigenvalue weighted by molar-refractivity contribution is 5.82. The van der Waals surface area contributed by atoms with E-state index in [0.29, 0.717) is 6.54 Å². The van der Waals surface area contributed by atoms with Gasteiger partial charge in [0.1, 0.15) is 6.04 Å². The molecule has 0 saturated heterocycles. The van der Waals surface area contributed by atoms with E-state index in [1.807, 2.05) is 19.0 Å². The molecule has 0 aromatic rings. The van der Waals surface area contributed by atoms with Gasteiger partial charge in [-0.05, 0) is 21.0 Å². The summed E-state index contributed by atoms with van der Waals surface area (Å²) < 4.78 is 0. The average molecular weight is 261 g/mol. The Morgan fingerprint density at radius 2 is 1.94 bits per heavy atom. The number of aliphatic hydroxyl groups is 1. The molecule has 0 saturated carbocycles. The third-order valence-corrected chi connectivity index (χ3v) is 2.19. The molecule has 0 spiro atoms. The Morgan fingerprint density at radius 1 is 1.39 bits per heavy atom. The lowest BCUT2D eigenvalue weighted by molar-refractivity contribution is -0.141. The summed E-state index contributed by atoms with van der Waals surface area (Å²) >= 11 is 0. The van der Waals surface area contributed by atoms with Gasteiger partial charge in [-0.3, -0.25) is 4.79 Å².